The van der Waals surface area contributed by atoms with Gasteiger partial charge < -0.3 is 10.6 Å². The Hall–Kier alpha value is -3.97. The minimum Gasteiger partial charge on any atom is -0.321 e. The first-order valence-electron chi connectivity index (χ1n) is 9.23. The highest BCUT2D eigenvalue weighted by molar-refractivity contribution is 6.34. The summed E-state index contributed by atoms with van der Waals surface area (Å²) in [6, 6.07) is 19.3. The number of hydrogen-bond donors (Lipinski definition) is 2. The lowest BCUT2D eigenvalue weighted by Crippen LogP contribution is -2.31. The summed E-state index contributed by atoms with van der Waals surface area (Å²) in [5, 5.41) is 16.6. The van der Waals surface area contributed by atoms with E-state index in [9.17, 15) is 19.7 Å². The minimum atomic E-state index is -0.586. The van der Waals surface area contributed by atoms with E-state index in [0.717, 1.165) is 5.56 Å². The summed E-state index contributed by atoms with van der Waals surface area (Å²) < 4.78 is 0. The van der Waals surface area contributed by atoms with Crippen LogP contribution in [0.4, 0.5) is 11.4 Å². The van der Waals surface area contributed by atoms with Crippen molar-refractivity contribution in [2.24, 2.45) is 0 Å². The van der Waals surface area contributed by atoms with Crippen LogP contribution in [0.25, 0.3) is 6.08 Å². The summed E-state index contributed by atoms with van der Waals surface area (Å²) in [5.74, 6) is -1.17. The van der Waals surface area contributed by atoms with Crippen molar-refractivity contribution in [1.29, 1.82) is 0 Å². The molecule has 2 N–H and O–H groups in total. The lowest BCUT2D eigenvalue weighted by molar-refractivity contribution is -0.384. The maximum Gasteiger partial charge on any atom is 0.272 e. The molecule has 0 radical (unpaired) electrons. The molecule has 0 unspecified atom stereocenters. The minimum absolute atomic E-state index is 0.0908. The molecule has 0 aliphatic rings. The molecule has 8 heteroatoms. The zero-order chi connectivity index (χ0) is 22.4. The van der Waals surface area contributed by atoms with Crippen molar-refractivity contribution < 1.29 is 14.5 Å². The molecule has 0 fully saturated rings. The van der Waals surface area contributed by atoms with Gasteiger partial charge >= 0.3 is 0 Å². The Morgan fingerprint density at radius 3 is 2.45 bits per heavy atom. The smallest absolute Gasteiger partial charge is 0.272 e. The highest BCUT2D eigenvalue weighted by Gasteiger charge is 2.17. The first-order chi connectivity index (χ1) is 14.8. The van der Waals surface area contributed by atoms with E-state index in [2.05, 4.69) is 10.6 Å². The second kappa shape index (κ2) is 9.69. The molecule has 31 heavy (non-hydrogen) atoms. The summed E-state index contributed by atoms with van der Waals surface area (Å²) in [7, 11) is 0. The lowest BCUT2D eigenvalue weighted by Gasteiger charge is -2.12. The van der Waals surface area contributed by atoms with Crippen LogP contribution in [-0.2, 0) is 4.79 Å². The summed E-state index contributed by atoms with van der Waals surface area (Å²) >= 11 is 6.09. The maximum absolute atomic E-state index is 12.9. The zero-order valence-electron chi connectivity index (χ0n) is 16.5. The van der Waals surface area contributed by atoms with Crippen LogP contribution in [0.2, 0.25) is 5.02 Å². The molecule has 0 spiro atoms. The van der Waals surface area contributed by atoms with Gasteiger partial charge in [-0.1, -0.05) is 48.0 Å². The first-order valence-corrected chi connectivity index (χ1v) is 9.61. The number of nitro groups is 1. The molecule has 0 aromatic heterocycles. The van der Waals surface area contributed by atoms with Gasteiger partial charge in [-0.2, -0.15) is 0 Å². The van der Waals surface area contributed by atoms with E-state index < -0.39 is 16.7 Å². The van der Waals surface area contributed by atoms with Crippen LogP contribution in [-0.4, -0.2) is 16.7 Å². The largest absolute Gasteiger partial charge is 0.321 e. The van der Waals surface area contributed by atoms with Gasteiger partial charge in [0.2, 0.25) is 0 Å². The van der Waals surface area contributed by atoms with Gasteiger partial charge in [0.15, 0.2) is 0 Å². The molecular weight excluding hydrogens is 418 g/mol. The standard InChI is InChI=1S/C23H18ClN3O4/c1-15-6-4-8-17(12-15)25-23(29)21(14-16-7-5-9-18(13-16)27(30)31)26-22(28)19-10-2-3-11-20(19)24/h2-14H,1H3,(H,25,29)(H,26,28)/b21-14+. The number of anilines is 1. The molecule has 0 bridgehead atoms. The SMILES string of the molecule is Cc1cccc(NC(=O)/C(=C\c2cccc([N+](=O)[O-])c2)NC(=O)c2ccccc2Cl)c1. The van der Waals surface area contributed by atoms with Crippen molar-refractivity contribution in [3.63, 3.8) is 0 Å². The molecule has 0 atom stereocenters. The second-order valence-electron chi connectivity index (χ2n) is 6.67. The average Bonchev–Trinajstić information content (AvgIpc) is 2.73. The quantitative estimate of drug-likeness (QED) is 0.324. The van der Waals surface area contributed by atoms with E-state index in [4.69, 9.17) is 11.6 Å². The fourth-order valence-corrected chi connectivity index (χ4v) is 3.03. The van der Waals surface area contributed by atoms with Gasteiger partial charge in [0.05, 0.1) is 15.5 Å². The molecule has 3 aromatic rings. The van der Waals surface area contributed by atoms with Gasteiger partial charge in [0.25, 0.3) is 17.5 Å². The predicted octanol–water partition coefficient (Wildman–Crippen LogP) is 4.97. The summed E-state index contributed by atoms with van der Waals surface area (Å²) in [6.07, 6.45) is 1.37. The van der Waals surface area contributed by atoms with Gasteiger partial charge in [-0.25, -0.2) is 0 Å². The normalized spacial score (nSPS) is 11.0. The number of nitro benzene ring substituents is 1. The molecular formula is C23H18ClN3O4. The summed E-state index contributed by atoms with van der Waals surface area (Å²) in [6.45, 7) is 1.88. The van der Waals surface area contributed by atoms with Crippen molar-refractivity contribution in [3.8, 4) is 0 Å². The third-order valence-corrected chi connectivity index (χ3v) is 4.61. The van der Waals surface area contributed by atoms with Crippen LogP contribution in [0, 0.1) is 17.0 Å². The average molecular weight is 436 g/mol. The number of aryl methyl sites for hydroxylation is 1. The molecule has 7 nitrogen and oxygen atoms in total. The Balaban J connectivity index is 1.95. The zero-order valence-corrected chi connectivity index (χ0v) is 17.2. The van der Waals surface area contributed by atoms with E-state index in [0.29, 0.717) is 11.3 Å². The van der Waals surface area contributed by atoms with E-state index in [1.165, 1.54) is 30.3 Å². The number of hydrogen-bond acceptors (Lipinski definition) is 4. The van der Waals surface area contributed by atoms with Crippen molar-refractivity contribution in [1.82, 2.24) is 5.32 Å². The van der Waals surface area contributed by atoms with E-state index in [1.807, 2.05) is 13.0 Å². The third kappa shape index (κ3) is 5.77. The van der Waals surface area contributed by atoms with E-state index in [-0.39, 0.29) is 22.0 Å². The fraction of sp³-hybridized carbons (Fsp3) is 0.0435. The Kier molecular flexibility index (Phi) is 6.79. The number of halogens is 1. The number of nitrogens with zero attached hydrogens (tertiary/aromatic N) is 1. The Labute approximate surface area is 183 Å². The monoisotopic (exact) mass is 435 g/mol. The second-order valence-corrected chi connectivity index (χ2v) is 7.07. The summed E-state index contributed by atoms with van der Waals surface area (Å²) in [5.41, 5.74) is 1.83. The first kappa shape index (κ1) is 21.7. The molecule has 0 aliphatic heterocycles. The molecule has 0 saturated carbocycles. The Morgan fingerprint density at radius 2 is 1.74 bits per heavy atom. The van der Waals surface area contributed by atoms with Crippen LogP contribution in [0.5, 0.6) is 0 Å². The number of non-ortho nitro benzene ring substituents is 1. The number of amides is 2. The molecule has 3 rings (SSSR count). The van der Waals surface area contributed by atoms with Crippen LogP contribution in [0.15, 0.2) is 78.5 Å². The molecule has 0 heterocycles. The number of rotatable bonds is 6. The maximum atomic E-state index is 12.9. The third-order valence-electron chi connectivity index (χ3n) is 4.28. The Bertz CT molecular complexity index is 1190. The van der Waals surface area contributed by atoms with Crippen molar-refractivity contribution >= 4 is 40.9 Å². The van der Waals surface area contributed by atoms with Gasteiger partial charge in [-0.3, -0.25) is 19.7 Å². The van der Waals surface area contributed by atoms with Gasteiger partial charge in [0.1, 0.15) is 5.70 Å². The van der Waals surface area contributed by atoms with Gasteiger partial charge in [0, 0.05) is 17.8 Å². The number of carbonyl (C=O) groups is 2. The van der Waals surface area contributed by atoms with Gasteiger partial charge in [-0.05, 0) is 48.4 Å². The predicted molar refractivity (Wildman–Crippen MR) is 120 cm³/mol. The van der Waals surface area contributed by atoms with Crippen molar-refractivity contribution in [3.05, 3.63) is 110 Å². The number of nitrogens with one attached hydrogen (secondary N) is 2. The molecule has 3 aromatic carbocycles. The molecule has 156 valence electrons. The van der Waals surface area contributed by atoms with Crippen LogP contribution in [0.3, 0.4) is 0 Å². The number of benzene rings is 3. The summed E-state index contributed by atoms with van der Waals surface area (Å²) in [4.78, 5) is 36.2. The topological polar surface area (TPSA) is 101 Å². The van der Waals surface area contributed by atoms with E-state index in [1.54, 1.807) is 42.5 Å². The van der Waals surface area contributed by atoms with Crippen LogP contribution >= 0.6 is 11.6 Å². The van der Waals surface area contributed by atoms with Crippen LogP contribution < -0.4 is 10.6 Å². The highest BCUT2D eigenvalue weighted by atomic mass is 35.5. The number of carbonyl (C=O) groups excluding carboxylic acids is 2. The molecule has 2 amide bonds. The molecule has 0 saturated heterocycles. The van der Waals surface area contributed by atoms with Gasteiger partial charge in [-0.15, -0.1) is 0 Å². The fourth-order valence-electron chi connectivity index (χ4n) is 2.81. The van der Waals surface area contributed by atoms with E-state index >= 15 is 0 Å². The Morgan fingerprint density at radius 1 is 1.00 bits per heavy atom. The van der Waals surface area contributed by atoms with Crippen molar-refractivity contribution in [2.45, 2.75) is 6.92 Å². The van der Waals surface area contributed by atoms with Crippen molar-refractivity contribution in [2.75, 3.05) is 5.32 Å². The lowest BCUT2D eigenvalue weighted by atomic mass is 10.1. The highest BCUT2D eigenvalue weighted by Crippen LogP contribution is 2.18. The molecule has 0 aliphatic carbocycles. The van der Waals surface area contributed by atoms with Crippen LogP contribution in [0.1, 0.15) is 21.5 Å².